The molecule has 0 saturated heterocycles. The lowest BCUT2D eigenvalue weighted by Gasteiger charge is -2.17. The van der Waals surface area contributed by atoms with E-state index in [2.05, 4.69) is 0 Å². The molecule has 0 aromatic rings. The summed E-state index contributed by atoms with van der Waals surface area (Å²) in [5.41, 5.74) is 0. The van der Waals surface area contributed by atoms with Crippen molar-refractivity contribution in [2.45, 2.75) is 0 Å². The molecule has 6 nitrogen and oxygen atoms in total. The van der Waals surface area contributed by atoms with Crippen molar-refractivity contribution in [3.8, 4) is 0 Å². The van der Waals surface area contributed by atoms with Crippen molar-refractivity contribution in [2.75, 3.05) is 19.8 Å². The van der Waals surface area contributed by atoms with E-state index in [1.165, 1.54) is 9.80 Å². The number of hydrogen-bond donors (Lipinski definition) is 2. The molecule has 0 bridgehead atoms. The quantitative estimate of drug-likeness (QED) is 0.675. The van der Waals surface area contributed by atoms with Gasteiger partial charge in [0, 0.05) is 12.4 Å². The van der Waals surface area contributed by atoms with Gasteiger partial charge in [-0.05, 0) is 0 Å². The Hall–Kier alpha value is -1.43. The first-order valence-electron chi connectivity index (χ1n) is 3.68. The van der Waals surface area contributed by atoms with E-state index in [0.717, 1.165) is 0 Å². The number of carboxylic acid groups (broad SMARTS) is 2. The maximum absolute atomic E-state index is 10.3. The van der Waals surface area contributed by atoms with E-state index in [4.69, 9.17) is 10.2 Å². The van der Waals surface area contributed by atoms with Crippen LogP contribution in [0.25, 0.3) is 0 Å². The molecule has 14 heavy (non-hydrogen) atoms. The molecule has 1 heterocycles. The second kappa shape index (κ2) is 5.33. The Labute approximate surface area is 86.8 Å². The maximum Gasteiger partial charge on any atom is 0.323 e. The molecule has 0 atom stereocenters. The minimum atomic E-state index is -0.929. The molecule has 7 heteroatoms. The fraction of sp³-hybridized carbons (Fsp3) is 0.429. The normalized spacial score (nSPS) is 14.0. The van der Waals surface area contributed by atoms with Gasteiger partial charge in [0.25, 0.3) is 0 Å². The first-order valence-corrected chi connectivity index (χ1v) is 3.68. The van der Waals surface area contributed by atoms with Gasteiger partial charge in [0.05, 0.1) is 6.67 Å². The number of rotatable bonds is 4. The monoisotopic (exact) mass is 222 g/mol. The van der Waals surface area contributed by atoms with E-state index >= 15 is 0 Å². The van der Waals surface area contributed by atoms with Crippen molar-refractivity contribution >= 4 is 24.3 Å². The van der Waals surface area contributed by atoms with Crippen LogP contribution in [0.3, 0.4) is 0 Å². The highest BCUT2D eigenvalue weighted by Gasteiger charge is 2.15. The summed E-state index contributed by atoms with van der Waals surface area (Å²) in [5.74, 6) is -1.86. The van der Waals surface area contributed by atoms with Crippen LogP contribution in [0, 0.1) is 0 Å². The SMILES string of the molecule is Cl.O=C(O)CN1C=CN(CC(=O)O)C1. The smallest absolute Gasteiger partial charge is 0.323 e. The summed E-state index contributed by atoms with van der Waals surface area (Å²) in [6.45, 7) is 0.109. The standard InChI is InChI=1S/C7H10N2O4.ClH/c10-6(11)3-8-1-2-9(5-8)4-7(12)13;/h1-2H,3-5H2,(H,10,11)(H,12,13);1H. The minimum Gasteiger partial charge on any atom is -0.480 e. The number of nitrogens with zero attached hydrogens (tertiary/aromatic N) is 2. The molecular weight excluding hydrogens is 212 g/mol. The van der Waals surface area contributed by atoms with Gasteiger partial charge in [-0.1, -0.05) is 0 Å². The highest BCUT2D eigenvalue weighted by atomic mass is 35.5. The highest BCUT2D eigenvalue weighted by Crippen LogP contribution is 2.04. The van der Waals surface area contributed by atoms with Crippen molar-refractivity contribution in [3.05, 3.63) is 12.4 Å². The van der Waals surface area contributed by atoms with Crippen molar-refractivity contribution in [3.63, 3.8) is 0 Å². The number of carbonyl (C=O) groups is 2. The molecule has 0 aliphatic carbocycles. The fourth-order valence-electron chi connectivity index (χ4n) is 1.07. The van der Waals surface area contributed by atoms with Gasteiger partial charge >= 0.3 is 11.9 Å². The van der Waals surface area contributed by atoms with E-state index in [9.17, 15) is 9.59 Å². The Morgan fingerprint density at radius 3 is 1.71 bits per heavy atom. The van der Waals surface area contributed by atoms with E-state index < -0.39 is 11.9 Å². The van der Waals surface area contributed by atoms with Crippen molar-refractivity contribution < 1.29 is 19.8 Å². The molecule has 1 rings (SSSR count). The predicted molar refractivity (Wildman–Crippen MR) is 49.9 cm³/mol. The third-order valence-electron chi connectivity index (χ3n) is 1.53. The maximum atomic E-state index is 10.3. The predicted octanol–water partition coefficient (Wildman–Crippen LogP) is -0.376. The average Bonchev–Trinajstić information content (AvgIpc) is 2.33. The average molecular weight is 223 g/mol. The van der Waals surface area contributed by atoms with Gasteiger partial charge in [-0.3, -0.25) is 9.59 Å². The Morgan fingerprint density at radius 1 is 1.07 bits per heavy atom. The van der Waals surface area contributed by atoms with Gasteiger partial charge in [-0.25, -0.2) is 0 Å². The van der Waals surface area contributed by atoms with Crippen LogP contribution in [-0.4, -0.2) is 51.7 Å². The zero-order valence-corrected chi connectivity index (χ0v) is 8.11. The molecule has 0 amide bonds. The third-order valence-corrected chi connectivity index (χ3v) is 1.53. The van der Waals surface area contributed by atoms with Crippen LogP contribution in [-0.2, 0) is 9.59 Å². The molecule has 0 aromatic heterocycles. The molecule has 0 fully saturated rings. The molecule has 0 radical (unpaired) electrons. The zero-order valence-electron chi connectivity index (χ0n) is 7.29. The molecule has 1 aliphatic heterocycles. The summed E-state index contributed by atoms with van der Waals surface area (Å²) in [6.07, 6.45) is 3.13. The van der Waals surface area contributed by atoms with Crippen LogP contribution >= 0.6 is 12.4 Å². The van der Waals surface area contributed by atoms with Crippen LogP contribution in [0.2, 0.25) is 0 Å². The summed E-state index contributed by atoms with van der Waals surface area (Å²) in [5, 5.41) is 16.9. The summed E-state index contributed by atoms with van der Waals surface area (Å²) >= 11 is 0. The van der Waals surface area contributed by atoms with E-state index in [-0.39, 0.29) is 25.5 Å². The van der Waals surface area contributed by atoms with Crippen LogP contribution in [0.1, 0.15) is 0 Å². The van der Waals surface area contributed by atoms with Gasteiger partial charge < -0.3 is 20.0 Å². The lowest BCUT2D eigenvalue weighted by molar-refractivity contribution is -0.138. The molecule has 0 saturated carbocycles. The van der Waals surface area contributed by atoms with E-state index in [1.807, 2.05) is 0 Å². The molecular formula is C7H11ClN2O4. The van der Waals surface area contributed by atoms with Crippen LogP contribution < -0.4 is 0 Å². The summed E-state index contributed by atoms with van der Waals surface area (Å²) in [7, 11) is 0. The number of aliphatic carboxylic acids is 2. The van der Waals surface area contributed by atoms with Gasteiger partial charge in [-0.15, -0.1) is 12.4 Å². The second-order valence-corrected chi connectivity index (χ2v) is 2.72. The Balaban J connectivity index is 0.00000169. The van der Waals surface area contributed by atoms with Crippen LogP contribution in [0.5, 0.6) is 0 Å². The van der Waals surface area contributed by atoms with E-state index in [1.54, 1.807) is 12.4 Å². The third kappa shape index (κ3) is 3.99. The van der Waals surface area contributed by atoms with Crippen molar-refractivity contribution in [1.82, 2.24) is 9.80 Å². The van der Waals surface area contributed by atoms with Gasteiger partial charge in [0.1, 0.15) is 13.1 Å². The van der Waals surface area contributed by atoms with Crippen LogP contribution in [0.4, 0.5) is 0 Å². The topological polar surface area (TPSA) is 81.1 Å². The minimum absolute atomic E-state index is 0. The number of carboxylic acids is 2. The zero-order chi connectivity index (χ0) is 9.84. The number of halogens is 1. The molecule has 1 aliphatic rings. The lowest BCUT2D eigenvalue weighted by atomic mass is 10.6. The van der Waals surface area contributed by atoms with E-state index in [0.29, 0.717) is 6.67 Å². The van der Waals surface area contributed by atoms with Gasteiger partial charge in [0.2, 0.25) is 0 Å². The van der Waals surface area contributed by atoms with Gasteiger partial charge in [-0.2, -0.15) is 0 Å². The molecule has 2 N–H and O–H groups in total. The molecule has 0 unspecified atom stereocenters. The Morgan fingerprint density at radius 2 is 1.43 bits per heavy atom. The Kier molecular flexibility index (Phi) is 4.79. The van der Waals surface area contributed by atoms with Crippen LogP contribution in [0.15, 0.2) is 12.4 Å². The molecule has 0 spiro atoms. The first-order chi connectivity index (χ1) is 6.08. The molecule has 0 aromatic carbocycles. The summed E-state index contributed by atoms with van der Waals surface area (Å²) < 4.78 is 0. The summed E-state index contributed by atoms with van der Waals surface area (Å²) in [4.78, 5) is 23.6. The van der Waals surface area contributed by atoms with Gasteiger partial charge in [0.15, 0.2) is 0 Å². The second-order valence-electron chi connectivity index (χ2n) is 2.72. The lowest BCUT2D eigenvalue weighted by Crippen LogP contribution is -2.32. The molecule has 80 valence electrons. The largest absolute Gasteiger partial charge is 0.480 e. The number of hydrogen-bond acceptors (Lipinski definition) is 4. The fourth-order valence-corrected chi connectivity index (χ4v) is 1.07. The first kappa shape index (κ1) is 12.6. The Bertz CT molecular complexity index is 232. The summed E-state index contributed by atoms with van der Waals surface area (Å²) in [6, 6.07) is 0. The van der Waals surface area contributed by atoms with Crippen molar-refractivity contribution in [1.29, 1.82) is 0 Å². The highest BCUT2D eigenvalue weighted by molar-refractivity contribution is 5.85. The van der Waals surface area contributed by atoms with Crippen molar-refractivity contribution in [2.24, 2.45) is 0 Å².